The van der Waals surface area contributed by atoms with Gasteiger partial charge in [-0.25, -0.2) is 8.78 Å². The first-order valence-electron chi connectivity index (χ1n) is 5.08. The fourth-order valence-electron chi connectivity index (χ4n) is 1.48. The Balaban J connectivity index is 2.09. The van der Waals surface area contributed by atoms with Crippen LogP contribution in [-0.2, 0) is 6.54 Å². The summed E-state index contributed by atoms with van der Waals surface area (Å²) < 4.78 is 26.2. The van der Waals surface area contributed by atoms with Crippen molar-refractivity contribution >= 4 is 17.3 Å². The summed E-state index contributed by atoms with van der Waals surface area (Å²) in [4.78, 5) is 0. The van der Waals surface area contributed by atoms with E-state index in [1.54, 1.807) is 18.2 Å². The summed E-state index contributed by atoms with van der Waals surface area (Å²) in [5.41, 5.74) is 1.05. The molecule has 1 nitrogen and oxygen atoms in total. The molecule has 0 amide bonds. The second-order valence-electron chi connectivity index (χ2n) is 3.61. The number of hydrogen-bond donors (Lipinski definition) is 1. The van der Waals surface area contributed by atoms with E-state index in [2.05, 4.69) is 5.32 Å². The maximum absolute atomic E-state index is 13.3. The predicted octanol–water partition coefficient (Wildman–Crippen LogP) is 4.23. The minimum atomic E-state index is -0.478. The molecule has 2 aromatic rings. The molecule has 0 aliphatic carbocycles. The van der Waals surface area contributed by atoms with E-state index < -0.39 is 11.6 Å². The van der Waals surface area contributed by atoms with Crippen LogP contribution >= 0.6 is 11.6 Å². The summed E-state index contributed by atoms with van der Waals surface area (Å²) in [6, 6.07) is 10.5. The van der Waals surface area contributed by atoms with Crippen LogP contribution in [0.1, 0.15) is 5.56 Å². The third-order valence-corrected chi connectivity index (χ3v) is 2.54. The molecule has 1 N–H and O–H groups in total. The normalized spacial score (nSPS) is 10.3. The van der Waals surface area contributed by atoms with E-state index in [0.717, 1.165) is 23.8 Å². The Morgan fingerprint density at radius 1 is 1.06 bits per heavy atom. The maximum Gasteiger partial charge on any atom is 0.146 e. The van der Waals surface area contributed by atoms with Gasteiger partial charge in [0.25, 0.3) is 0 Å². The van der Waals surface area contributed by atoms with Gasteiger partial charge in [-0.15, -0.1) is 0 Å². The van der Waals surface area contributed by atoms with Crippen molar-refractivity contribution in [1.82, 2.24) is 0 Å². The minimum absolute atomic E-state index is 0.143. The van der Waals surface area contributed by atoms with Crippen LogP contribution in [-0.4, -0.2) is 0 Å². The molecule has 0 radical (unpaired) electrons. The van der Waals surface area contributed by atoms with Gasteiger partial charge in [0.05, 0.1) is 5.69 Å². The number of halogens is 3. The molecule has 0 aliphatic heterocycles. The van der Waals surface area contributed by atoms with Gasteiger partial charge in [0.2, 0.25) is 0 Å². The Labute approximate surface area is 103 Å². The Bertz CT molecular complexity index is 529. The average Bonchev–Trinajstić information content (AvgIpc) is 2.30. The highest BCUT2D eigenvalue weighted by Crippen LogP contribution is 2.17. The summed E-state index contributed by atoms with van der Waals surface area (Å²) in [7, 11) is 0. The zero-order valence-electron chi connectivity index (χ0n) is 8.88. The lowest BCUT2D eigenvalue weighted by Gasteiger charge is -2.08. The molecule has 2 rings (SSSR count). The predicted molar refractivity (Wildman–Crippen MR) is 65.1 cm³/mol. The van der Waals surface area contributed by atoms with E-state index in [4.69, 9.17) is 11.6 Å². The van der Waals surface area contributed by atoms with Crippen molar-refractivity contribution in [2.45, 2.75) is 6.54 Å². The summed E-state index contributed by atoms with van der Waals surface area (Å²) in [5, 5.41) is 3.44. The Kier molecular flexibility index (Phi) is 3.59. The van der Waals surface area contributed by atoms with Crippen molar-refractivity contribution < 1.29 is 8.78 Å². The van der Waals surface area contributed by atoms with E-state index in [1.165, 1.54) is 0 Å². The second-order valence-corrected chi connectivity index (χ2v) is 4.04. The molecule has 2 aromatic carbocycles. The van der Waals surface area contributed by atoms with Gasteiger partial charge in [-0.2, -0.15) is 0 Å². The van der Waals surface area contributed by atoms with Crippen LogP contribution in [0.25, 0.3) is 0 Å². The molecule has 0 unspecified atom stereocenters. The van der Waals surface area contributed by atoms with Gasteiger partial charge >= 0.3 is 0 Å². The van der Waals surface area contributed by atoms with E-state index in [9.17, 15) is 8.78 Å². The van der Waals surface area contributed by atoms with Crippen molar-refractivity contribution in [1.29, 1.82) is 0 Å². The van der Waals surface area contributed by atoms with Crippen LogP contribution < -0.4 is 5.32 Å². The van der Waals surface area contributed by atoms with Crippen LogP contribution in [0, 0.1) is 11.6 Å². The third-order valence-electron chi connectivity index (χ3n) is 2.30. The molecule has 17 heavy (non-hydrogen) atoms. The molecule has 0 spiro atoms. The molecule has 0 heterocycles. The lowest BCUT2D eigenvalue weighted by Crippen LogP contribution is -2.01. The molecule has 88 valence electrons. The molecule has 0 atom stereocenters. The van der Waals surface area contributed by atoms with Gasteiger partial charge in [-0.1, -0.05) is 23.7 Å². The summed E-state index contributed by atoms with van der Waals surface area (Å²) >= 11 is 5.82. The van der Waals surface area contributed by atoms with Gasteiger partial charge in [0, 0.05) is 11.6 Å². The molecular weight excluding hydrogens is 244 g/mol. The summed E-state index contributed by atoms with van der Waals surface area (Å²) in [6.45, 7) is 0.390. The maximum atomic E-state index is 13.3. The quantitative estimate of drug-likeness (QED) is 0.863. The molecular formula is C13H10ClF2N. The number of rotatable bonds is 3. The average molecular weight is 254 g/mol. The monoisotopic (exact) mass is 253 g/mol. The van der Waals surface area contributed by atoms with Crippen molar-refractivity contribution in [2.24, 2.45) is 0 Å². The zero-order chi connectivity index (χ0) is 12.3. The van der Waals surface area contributed by atoms with Crippen LogP contribution in [0.15, 0.2) is 42.5 Å². The van der Waals surface area contributed by atoms with Crippen molar-refractivity contribution in [3.05, 3.63) is 64.7 Å². The zero-order valence-corrected chi connectivity index (χ0v) is 9.64. The summed E-state index contributed by atoms with van der Waals surface area (Å²) in [6.07, 6.45) is 0. The molecule has 0 fully saturated rings. The highest BCUT2D eigenvalue weighted by Gasteiger charge is 2.03. The summed E-state index contributed by atoms with van der Waals surface area (Å²) in [5.74, 6) is -0.951. The number of benzene rings is 2. The van der Waals surface area contributed by atoms with Crippen LogP contribution in [0.4, 0.5) is 14.5 Å². The highest BCUT2D eigenvalue weighted by atomic mass is 35.5. The van der Waals surface area contributed by atoms with Crippen LogP contribution in [0.5, 0.6) is 0 Å². The van der Waals surface area contributed by atoms with Gasteiger partial charge in [-0.3, -0.25) is 0 Å². The Morgan fingerprint density at radius 2 is 1.88 bits per heavy atom. The van der Waals surface area contributed by atoms with E-state index >= 15 is 0 Å². The number of nitrogens with one attached hydrogen (secondary N) is 1. The molecule has 0 saturated heterocycles. The van der Waals surface area contributed by atoms with E-state index in [-0.39, 0.29) is 5.69 Å². The number of anilines is 1. The molecule has 0 bridgehead atoms. The largest absolute Gasteiger partial charge is 0.379 e. The van der Waals surface area contributed by atoms with Crippen molar-refractivity contribution in [3.63, 3.8) is 0 Å². The smallest absolute Gasteiger partial charge is 0.146 e. The van der Waals surface area contributed by atoms with Crippen LogP contribution in [0.3, 0.4) is 0 Å². The lowest BCUT2D eigenvalue weighted by atomic mass is 10.2. The van der Waals surface area contributed by atoms with Gasteiger partial charge < -0.3 is 5.32 Å². The molecule has 0 saturated carbocycles. The minimum Gasteiger partial charge on any atom is -0.379 e. The van der Waals surface area contributed by atoms with Gasteiger partial charge in [0.1, 0.15) is 11.6 Å². The van der Waals surface area contributed by atoms with E-state index in [1.807, 2.05) is 6.07 Å². The molecule has 4 heteroatoms. The first-order chi connectivity index (χ1) is 8.15. The fraction of sp³-hybridized carbons (Fsp3) is 0.0769. The first-order valence-corrected chi connectivity index (χ1v) is 5.46. The Morgan fingerprint density at radius 3 is 2.65 bits per heavy atom. The van der Waals surface area contributed by atoms with Gasteiger partial charge in [-0.05, 0) is 35.9 Å². The van der Waals surface area contributed by atoms with E-state index in [0.29, 0.717) is 11.6 Å². The lowest BCUT2D eigenvalue weighted by molar-refractivity contribution is 0.602. The number of hydrogen-bond acceptors (Lipinski definition) is 1. The second kappa shape index (κ2) is 5.15. The highest BCUT2D eigenvalue weighted by molar-refractivity contribution is 6.30. The first kappa shape index (κ1) is 11.9. The molecule has 0 aromatic heterocycles. The van der Waals surface area contributed by atoms with Crippen LogP contribution in [0.2, 0.25) is 5.02 Å². The van der Waals surface area contributed by atoms with Gasteiger partial charge in [0.15, 0.2) is 0 Å². The topological polar surface area (TPSA) is 12.0 Å². The van der Waals surface area contributed by atoms with Crippen molar-refractivity contribution in [3.8, 4) is 0 Å². The standard InChI is InChI=1S/C13H10ClF2N/c14-10-3-1-2-9(6-10)8-17-13-7-11(15)4-5-12(13)16/h1-7,17H,8H2. The SMILES string of the molecule is Fc1ccc(F)c(NCc2cccc(Cl)c2)c1. The van der Waals surface area contributed by atoms with Crippen molar-refractivity contribution in [2.75, 3.05) is 5.32 Å². The fourth-order valence-corrected chi connectivity index (χ4v) is 1.69. The Hall–Kier alpha value is -1.61. The molecule has 0 aliphatic rings. The third kappa shape index (κ3) is 3.17.